The van der Waals surface area contributed by atoms with Crippen LogP contribution in [0.1, 0.15) is 55.6 Å². The summed E-state index contributed by atoms with van der Waals surface area (Å²) < 4.78 is 4.56. The van der Waals surface area contributed by atoms with E-state index in [4.69, 9.17) is 0 Å². The lowest BCUT2D eigenvalue weighted by Gasteiger charge is -2.21. The summed E-state index contributed by atoms with van der Waals surface area (Å²) in [5.41, 5.74) is 4.26. The third kappa shape index (κ3) is 2.40. The Morgan fingerprint density at radius 2 is 2.25 bits per heavy atom. The Hall–Kier alpha value is -1.55. The summed E-state index contributed by atoms with van der Waals surface area (Å²) in [5.74, 6) is 0. The van der Waals surface area contributed by atoms with Crippen molar-refractivity contribution in [2.75, 3.05) is 7.05 Å². The van der Waals surface area contributed by atoms with Crippen LogP contribution in [0.3, 0.4) is 0 Å². The Morgan fingerprint density at radius 1 is 1.40 bits per heavy atom. The Bertz CT molecular complexity index is 579. The molecule has 4 heteroatoms. The van der Waals surface area contributed by atoms with Crippen LogP contribution in [0.2, 0.25) is 0 Å². The van der Waals surface area contributed by atoms with E-state index in [0.717, 1.165) is 6.54 Å². The van der Waals surface area contributed by atoms with Crippen molar-refractivity contribution in [3.63, 3.8) is 0 Å². The van der Waals surface area contributed by atoms with E-state index in [1.54, 1.807) is 0 Å². The third-order valence-electron chi connectivity index (χ3n) is 4.31. The van der Waals surface area contributed by atoms with Crippen molar-refractivity contribution in [1.29, 1.82) is 0 Å². The molecule has 0 fully saturated rings. The fraction of sp³-hybridized carbons (Fsp3) is 0.562. The standard InChI is InChI=1S/C16H24N4/c1-12(2)20-11-18-7-14(20)9-19-8-13-5-4-6-16(17-3)15(13)10-19/h7-8,10-12,16-17H,4-6,9H2,1-3H3. The van der Waals surface area contributed by atoms with Gasteiger partial charge in [0, 0.05) is 30.7 Å². The zero-order valence-electron chi connectivity index (χ0n) is 12.6. The Labute approximate surface area is 120 Å². The number of fused-ring (bicyclic) bond motifs is 1. The van der Waals surface area contributed by atoms with Crippen molar-refractivity contribution in [2.24, 2.45) is 0 Å². The maximum atomic E-state index is 4.29. The molecule has 1 aliphatic rings. The number of aryl methyl sites for hydroxylation is 1. The zero-order valence-corrected chi connectivity index (χ0v) is 12.6. The fourth-order valence-electron chi connectivity index (χ4n) is 3.25. The summed E-state index contributed by atoms with van der Waals surface area (Å²) in [6.07, 6.45) is 12.3. The van der Waals surface area contributed by atoms with E-state index in [0.29, 0.717) is 12.1 Å². The van der Waals surface area contributed by atoms with Gasteiger partial charge in [0.2, 0.25) is 0 Å². The van der Waals surface area contributed by atoms with Crippen LogP contribution in [0.15, 0.2) is 24.9 Å². The first kappa shape index (κ1) is 13.4. The molecule has 0 saturated carbocycles. The average molecular weight is 272 g/mol. The number of imidazole rings is 1. The number of aromatic nitrogens is 3. The van der Waals surface area contributed by atoms with Gasteiger partial charge in [0.25, 0.3) is 0 Å². The van der Waals surface area contributed by atoms with Gasteiger partial charge in [0.1, 0.15) is 0 Å². The van der Waals surface area contributed by atoms with Gasteiger partial charge in [-0.1, -0.05) is 0 Å². The van der Waals surface area contributed by atoms with E-state index in [2.05, 4.69) is 52.7 Å². The molecular weight excluding hydrogens is 248 g/mol. The normalized spacial score (nSPS) is 18.5. The summed E-state index contributed by atoms with van der Waals surface area (Å²) >= 11 is 0. The average Bonchev–Trinajstić information content (AvgIpc) is 3.04. The molecule has 1 aliphatic carbocycles. The van der Waals surface area contributed by atoms with Gasteiger partial charge in [-0.2, -0.15) is 0 Å². The molecule has 108 valence electrons. The van der Waals surface area contributed by atoms with E-state index in [1.807, 2.05) is 12.5 Å². The highest BCUT2D eigenvalue weighted by Gasteiger charge is 2.20. The van der Waals surface area contributed by atoms with Crippen molar-refractivity contribution in [1.82, 2.24) is 19.4 Å². The van der Waals surface area contributed by atoms with Gasteiger partial charge in [0.15, 0.2) is 0 Å². The molecule has 2 heterocycles. The van der Waals surface area contributed by atoms with Gasteiger partial charge < -0.3 is 14.5 Å². The van der Waals surface area contributed by atoms with Gasteiger partial charge >= 0.3 is 0 Å². The Kier molecular flexibility index (Phi) is 3.66. The minimum Gasteiger partial charge on any atom is -0.348 e. The van der Waals surface area contributed by atoms with E-state index in [1.165, 1.54) is 36.1 Å². The van der Waals surface area contributed by atoms with Crippen LogP contribution in [0.25, 0.3) is 0 Å². The van der Waals surface area contributed by atoms with Crippen LogP contribution >= 0.6 is 0 Å². The van der Waals surface area contributed by atoms with Crippen LogP contribution in [-0.4, -0.2) is 21.2 Å². The molecule has 1 unspecified atom stereocenters. The molecule has 4 nitrogen and oxygen atoms in total. The molecule has 0 radical (unpaired) electrons. The highest BCUT2D eigenvalue weighted by Crippen LogP contribution is 2.30. The molecule has 0 bridgehead atoms. The van der Waals surface area contributed by atoms with Crippen LogP contribution in [0.4, 0.5) is 0 Å². The molecule has 0 amide bonds. The Balaban J connectivity index is 1.85. The summed E-state index contributed by atoms with van der Waals surface area (Å²) in [6, 6.07) is 0.984. The minimum absolute atomic E-state index is 0.461. The quantitative estimate of drug-likeness (QED) is 0.928. The summed E-state index contributed by atoms with van der Waals surface area (Å²) in [4.78, 5) is 4.29. The first-order valence-corrected chi connectivity index (χ1v) is 7.55. The summed E-state index contributed by atoms with van der Waals surface area (Å²) in [6.45, 7) is 5.30. The fourth-order valence-corrected chi connectivity index (χ4v) is 3.25. The first-order valence-electron chi connectivity index (χ1n) is 7.55. The van der Waals surface area contributed by atoms with Crippen molar-refractivity contribution in [2.45, 2.75) is 51.7 Å². The highest BCUT2D eigenvalue weighted by atomic mass is 15.1. The molecule has 0 spiro atoms. The first-order chi connectivity index (χ1) is 9.69. The molecular formula is C16H24N4. The smallest absolute Gasteiger partial charge is 0.0951 e. The zero-order chi connectivity index (χ0) is 14.1. The van der Waals surface area contributed by atoms with Gasteiger partial charge in [-0.25, -0.2) is 4.98 Å². The predicted molar refractivity (Wildman–Crippen MR) is 80.9 cm³/mol. The van der Waals surface area contributed by atoms with E-state index < -0.39 is 0 Å². The second-order valence-electron chi connectivity index (χ2n) is 6.03. The van der Waals surface area contributed by atoms with E-state index >= 15 is 0 Å². The van der Waals surface area contributed by atoms with E-state index in [-0.39, 0.29) is 0 Å². The molecule has 2 aromatic heterocycles. The van der Waals surface area contributed by atoms with Crippen molar-refractivity contribution in [3.05, 3.63) is 41.7 Å². The van der Waals surface area contributed by atoms with Crippen molar-refractivity contribution in [3.8, 4) is 0 Å². The van der Waals surface area contributed by atoms with Crippen LogP contribution < -0.4 is 5.32 Å². The topological polar surface area (TPSA) is 34.8 Å². The second kappa shape index (κ2) is 5.44. The molecule has 2 aromatic rings. The van der Waals surface area contributed by atoms with Crippen molar-refractivity contribution < 1.29 is 0 Å². The summed E-state index contributed by atoms with van der Waals surface area (Å²) in [7, 11) is 2.06. The second-order valence-corrected chi connectivity index (χ2v) is 6.03. The van der Waals surface area contributed by atoms with Crippen LogP contribution in [0, 0.1) is 0 Å². The lowest BCUT2D eigenvalue weighted by atomic mass is 9.91. The maximum absolute atomic E-state index is 4.29. The SMILES string of the molecule is CNC1CCCc2cn(Cc3cncn3C(C)C)cc21. The number of nitrogens with one attached hydrogen (secondary N) is 1. The minimum atomic E-state index is 0.461. The molecule has 0 saturated heterocycles. The predicted octanol–water partition coefficient (Wildman–Crippen LogP) is 2.91. The highest BCUT2D eigenvalue weighted by molar-refractivity contribution is 5.30. The molecule has 0 aromatic carbocycles. The van der Waals surface area contributed by atoms with Crippen molar-refractivity contribution >= 4 is 0 Å². The monoisotopic (exact) mass is 272 g/mol. The van der Waals surface area contributed by atoms with Crippen LogP contribution in [-0.2, 0) is 13.0 Å². The molecule has 20 heavy (non-hydrogen) atoms. The largest absolute Gasteiger partial charge is 0.348 e. The van der Waals surface area contributed by atoms with Gasteiger partial charge in [-0.15, -0.1) is 0 Å². The van der Waals surface area contributed by atoms with Gasteiger partial charge in [-0.3, -0.25) is 0 Å². The van der Waals surface area contributed by atoms with Gasteiger partial charge in [-0.05, 0) is 51.3 Å². The molecule has 1 atom stereocenters. The number of hydrogen-bond acceptors (Lipinski definition) is 2. The number of hydrogen-bond donors (Lipinski definition) is 1. The summed E-state index contributed by atoms with van der Waals surface area (Å²) in [5, 5.41) is 3.43. The lowest BCUT2D eigenvalue weighted by Crippen LogP contribution is -2.20. The molecule has 3 rings (SSSR count). The number of nitrogens with zero attached hydrogens (tertiary/aromatic N) is 3. The third-order valence-corrected chi connectivity index (χ3v) is 4.31. The number of rotatable bonds is 4. The molecule has 0 aliphatic heterocycles. The lowest BCUT2D eigenvalue weighted by molar-refractivity contribution is 0.498. The van der Waals surface area contributed by atoms with E-state index in [9.17, 15) is 0 Å². The molecule has 1 N–H and O–H groups in total. The van der Waals surface area contributed by atoms with Crippen LogP contribution in [0.5, 0.6) is 0 Å². The Morgan fingerprint density at radius 3 is 3.00 bits per heavy atom. The maximum Gasteiger partial charge on any atom is 0.0951 e. The van der Waals surface area contributed by atoms with Gasteiger partial charge in [0.05, 0.1) is 18.6 Å².